The lowest BCUT2D eigenvalue weighted by Gasteiger charge is -2.12. The molecule has 3 aromatic rings. The van der Waals surface area contributed by atoms with E-state index < -0.39 is 0 Å². The van der Waals surface area contributed by atoms with Gasteiger partial charge in [-0.05, 0) is 42.7 Å². The lowest BCUT2D eigenvalue weighted by Crippen LogP contribution is -2.21. The fraction of sp³-hybridized carbons (Fsp3) is 0.227. The number of amides is 2. The van der Waals surface area contributed by atoms with Gasteiger partial charge in [0, 0.05) is 25.9 Å². The van der Waals surface area contributed by atoms with Crippen molar-refractivity contribution in [3.63, 3.8) is 0 Å². The van der Waals surface area contributed by atoms with E-state index in [4.69, 9.17) is 4.74 Å². The van der Waals surface area contributed by atoms with E-state index in [-0.39, 0.29) is 17.5 Å². The van der Waals surface area contributed by atoms with Gasteiger partial charge >= 0.3 is 0 Å². The second-order valence-corrected chi connectivity index (χ2v) is 6.80. The molecule has 2 aromatic carbocycles. The maximum Gasteiger partial charge on any atom is 0.273 e. The van der Waals surface area contributed by atoms with Crippen LogP contribution in [0.25, 0.3) is 0 Å². The Kier molecular flexibility index (Phi) is 5.97. The second kappa shape index (κ2) is 8.60. The molecule has 0 saturated carbocycles. The Morgan fingerprint density at radius 2 is 1.69 bits per heavy atom. The molecule has 0 aliphatic carbocycles. The number of anilines is 1. The smallest absolute Gasteiger partial charge is 0.273 e. The van der Waals surface area contributed by atoms with Crippen LogP contribution >= 0.6 is 0 Å². The molecule has 0 atom stereocenters. The van der Waals surface area contributed by atoms with Crippen molar-refractivity contribution in [2.75, 3.05) is 12.4 Å². The van der Waals surface area contributed by atoms with Crippen molar-refractivity contribution in [2.24, 2.45) is 7.05 Å². The molecule has 0 unspecified atom stereocenters. The Morgan fingerprint density at radius 1 is 1.03 bits per heavy atom. The van der Waals surface area contributed by atoms with Gasteiger partial charge < -0.3 is 15.4 Å². The Balaban J connectivity index is 1.67. The van der Waals surface area contributed by atoms with E-state index in [1.54, 1.807) is 25.4 Å². The van der Waals surface area contributed by atoms with E-state index in [2.05, 4.69) is 15.7 Å². The number of carbonyl (C=O) groups excluding carboxylic acids is 2. The first kappa shape index (κ1) is 20.1. The molecule has 0 aliphatic rings. The molecule has 3 rings (SSSR count). The highest BCUT2D eigenvalue weighted by Gasteiger charge is 2.17. The van der Waals surface area contributed by atoms with Gasteiger partial charge in [0.25, 0.3) is 11.8 Å². The minimum absolute atomic E-state index is 0.168. The van der Waals surface area contributed by atoms with Crippen molar-refractivity contribution < 1.29 is 14.3 Å². The lowest BCUT2D eigenvalue weighted by atomic mass is 10.1. The molecule has 29 heavy (non-hydrogen) atoms. The molecule has 1 aromatic heterocycles. The van der Waals surface area contributed by atoms with Crippen molar-refractivity contribution in [1.82, 2.24) is 15.1 Å². The molecule has 0 radical (unpaired) electrons. The summed E-state index contributed by atoms with van der Waals surface area (Å²) in [5.74, 6) is 0.206. The first-order chi connectivity index (χ1) is 13.9. The highest BCUT2D eigenvalue weighted by Crippen LogP contribution is 2.23. The fourth-order valence-electron chi connectivity index (χ4n) is 3.00. The summed E-state index contributed by atoms with van der Waals surface area (Å²) in [5.41, 5.74) is 4.14. The average molecular weight is 392 g/mol. The molecule has 1 heterocycles. The van der Waals surface area contributed by atoms with Crippen LogP contribution < -0.4 is 15.4 Å². The largest absolute Gasteiger partial charge is 0.488 e. The van der Waals surface area contributed by atoms with Crippen molar-refractivity contribution in [1.29, 1.82) is 0 Å². The second-order valence-electron chi connectivity index (χ2n) is 6.80. The number of nitrogens with zero attached hydrogens (tertiary/aromatic N) is 2. The predicted molar refractivity (Wildman–Crippen MR) is 111 cm³/mol. The summed E-state index contributed by atoms with van der Waals surface area (Å²) in [7, 11) is 3.20. The summed E-state index contributed by atoms with van der Waals surface area (Å²) in [6, 6.07) is 13.2. The van der Waals surface area contributed by atoms with Gasteiger partial charge in [-0.3, -0.25) is 14.3 Å². The number of carbonyl (C=O) groups is 2. The normalized spacial score (nSPS) is 10.5. The van der Waals surface area contributed by atoms with E-state index in [1.807, 2.05) is 44.2 Å². The topological polar surface area (TPSA) is 85.3 Å². The first-order valence-corrected chi connectivity index (χ1v) is 9.24. The monoisotopic (exact) mass is 392 g/mol. The molecule has 0 saturated heterocycles. The van der Waals surface area contributed by atoms with Crippen LogP contribution in [0.5, 0.6) is 5.75 Å². The molecule has 2 N–H and O–H groups in total. The third-order valence-electron chi connectivity index (χ3n) is 4.53. The Hall–Kier alpha value is -3.61. The number of para-hydroxylation sites is 1. The maximum absolute atomic E-state index is 12.6. The Morgan fingerprint density at radius 3 is 2.31 bits per heavy atom. The predicted octanol–water partition coefficient (Wildman–Crippen LogP) is 3.23. The van der Waals surface area contributed by atoms with Gasteiger partial charge in [0.05, 0.1) is 5.69 Å². The highest BCUT2D eigenvalue weighted by molar-refractivity contribution is 6.08. The van der Waals surface area contributed by atoms with Crippen LogP contribution in [0.3, 0.4) is 0 Å². The number of nitrogens with one attached hydrogen (secondary N) is 2. The molecule has 0 fully saturated rings. The van der Waals surface area contributed by atoms with Gasteiger partial charge in [0.1, 0.15) is 12.4 Å². The van der Waals surface area contributed by atoms with Crippen molar-refractivity contribution in [3.05, 3.63) is 76.6 Å². The molecule has 0 spiro atoms. The number of ether oxygens (including phenoxy) is 1. The third-order valence-corrected chi connectivity index (χ3v) is 4.53. The summed E-state index contributed by atoms with van der Waals surface area (Å²) < 4.78 is 7.43. The number of aromatic nitrogens is 2. The zero-order valence-electron chi connectivity index (χ0n) is 16.9. The third kappa shape index (κ3) is 4.63. The van der Waals surface area contributed by atoms with Crippen LogP contribution in [-0.2, 0) is 13.7 Å². The summed E-state index contributed by atoms with van der Waals surface area (Å²) in [4.78, 5) is 24.5. The molecule has 7 nitrogen and oxygen atoms in total. The van der Waals surface area contributed by atoms with Crippen LogP contribution in [0.4, 0.5) is 5.69 Å². The van der Waals surface area contributed by atoms with Crippen LogP contribution in [-0.4, -0.2) is 28.6 Å². The molecular formula is C22H24N4O3. The summed E-state index contributed by atoms with van der Waals surface area (Å²) >= 11 is 0. The van der Waals surface area contributed by atoms with Gasteiger partial charge in [-0.25, -0.2) is 0 Å². The summed E-state index contributed by atoms with van der Waals surface area (Å²) in [6.45, 7) is 4.44. The molecule has 0 bridgehead atoms. The molecule has 7 heteroatoms. The molecule has 150 valence electrons. The van der Waals surface area contributed by atoms with Gasteiger partial charge in [-0.1, -0.05) is 30.3 Å². The number of rotatable bonds is 6. The van der Waals surface area contributed by atoms with E-state index in [9.17, 15) is 9.59 Å². The van der Waals surface area contributed by atoms with E-state index >= 15 is 0 Å². The number of hydrogen-bond acceptors (Lipinski definition) is 4. The van der Waals surface area contributed by atoms with E-state index in [0.29, 0.717) is 17.9 Å². The van der Waals surface area contributed by atoms with Gasteiger partial charge in [0.2, 0.25) is 0 Å². The van der Waals surface area contributed by atoms with Gasteiger partial charge in [-0.15, -0.1) is 0 Å². The van der Waals surface area contributed by atoms with E-state index in [0.717, 1.165) is 22.4 Å². The minimum Gasteiger partial charge on any atom is -0.488 e. The highest BCUT2D eigenvalue weighted by atomic mass is 16.5. The number of benzene rings is 2. The SMILES string of the molecule is CNC(=O)c1nn(C)cc1NC(=O)c1ccc(COc2c(C)cccc2C)cc1. The Bertz CT molecular complexity index is 1020. The van der Waals surface area contributed by atoms with E-state index in [1.165, 1.54) is 11.7 Å². The quantitative estimate of drug-likeness (QED) is 0.674. The van der Waals surface area contributed by atoms with Crippen LogP contribution in [0.15, 0.2) is 48.7 Å². The first-order valence-electron chi connectivity index (χ1n) is 9.24. The number of hydrogen-bond donors (Lipinski definition) is 2. The van der Waals surface area contributed by atoms with Crippen LogP contribution in [0, 0.1) is 13.8 Å². The zero-order chi connectivity index (χ0) is 21.0. The van der Waals surface area contributed by atoms with Gasteiger partial charge in [0.15, 0.2) is 5.69 Å². The average Bonchev–Trinajstić information content (AvgIpc) is 3.07. The Labute approximate surface area is 169 Å². The van der Waals surface area contributed by atoms with Crippen LogP contribution in [0.1, 0.15) is 37.5 Å². The standard InChI is InChI=1S/C22H24N4O3/c1-14-6-5-7-15(2)20(14)29-13-16-8-10-17(11-9-16)21(27)24-18-12-26(4)25-19(18)22(28)23-3/h5-12H,13H2,1-4H3,(H,23,28)(H,24,27). The number of aryl methyl sites for hydroxylation is 3. The van der Waals surface area contributed by atoms with Crippen molar-refractivity contribution in [2.45, 2.75) is 20.5 Å². The zero-order valence-corrected chi connectivity index (χ0v) is 16.9. The molecule has 2 amide bonds. The summed E-state index contributed by atoms with van der Waals surface area (Å²) in [6.07, 6.45) is 1.59. The molecule has 0 aliphatic heterocycles. The fourth-order valence-corrected chi connectivity index (χ4v) is 3.00. The molecular weight excluding hydrogens is 368 g/mol. The van der Waals surface area contributed by atoms with Crippen LogP contribution in [0.2, 0.25) is 0 Å². The van der Waals surface area contributed by atoms with Crippen molar-refractivity contribution >= 4 is 17.5 Å². The minimum atomic E-state index is -0.361. The van der Waals surface area contributed by atoms with Gasteiger partial charge in [-0.2, -0.15) is 5.10 Å². The van der Waals surface area contributed by atoms with Crippen molar-refractivity contribution in [3.8, 4) is 5.75 Å². The summed E-state index contributed by atoms with van der Waals surface area (Å²) in [5, 5.41) is 9.33. The lowest BCUT2D eigenvalue weighted by molar-refractivity contribution is 0.0958. The maximum atomic E-state index is 12.6.